The fraction of sp³-hybridized carbons (Fsp3) is 0.167. The summed E-state index contributed by atoms with van der Waals surface area (Å²) < 4.78 is 0. The van der Waals surface area contributed by atoms with Gasteiger partial charge >= 0.3 is 6.03 Å². The van der Waals surface area contributed by atoms with Crippen LogP contribution in [0.4, 0.5) is 10.5 Å². The van der Waals surface area contributed by atoms with Crippen LogP contribution in [0.25, 0.3) is 0 Å². The third-order valence-corrected chi connectivity index (χ3v) is 4.43. The maximum Gasteiger partial charge on any atom is 0.322 e. The van der Waals surface area contributed by atoms with Gasteiger partial charge in [-0.1, -0.05) is 30.3 Å². The number of nitrogens with zero attached hydrogens (tertiary/aromatic N) is 3. The van der Waals surface area contributed by atoms with Crippen LogP contribution >= 0.6 is 0 Å². The van der Waals surface area contributed by atoms with Gasteiger partial charge in [-0.3, -0.25) is 9.78 Å². The molecule has 0 bridgehead atoms. The lowest BCUT2D eigenvalue weighted by atomic mass is 9.95. The molecular weight excluding hydrogens is 304 g/mol. The van der Waals surface area contributed by atoms with Crippen molar-refractivity contribution in [2.45, 2.75) is 6.04 Å². The Hall–Kier alpha value is -3.15. The normalized spacial score (nSPS) is 20.3. The molecule has 0 spiro atoms. The summed E-state index contributed by atoms with van der Waals surface area (Å²) in [6.45, 7) is 0.350. The van der Waals surface area contributed by atoms with Crippen molar-refractivity contribution in [3.63, 3.8) is 0 Å². The number of carbonyl (C=O) groups excluding carboxylic acids is 2. The Bertz CT molecular complexity index is 833. The predicted octanol–water partition coefficient (Wildman–Crippen LogP) is 2.08. The van der Waals surface area contributed by atoms with Crippen LogP contribution in [0.5, 0.6) is 0 Å². The number of amides is 3. The molecule has 2 aromatic rings. The summed E-state index contributed by atoms with van der Waals surface area (Å²) in [4.78, 5) is 32.6. The lowest BCUT2D eigenvalue weighted by molar-refractivity contribution is -0.115. The minimum absolute atomic E-state index is 0.0984. The molecule has 4 rings (SSSR count). The van der Waals surface area contributed by atoms with E-state index in [0.717, 1.165) is 11.3 Å². The molecule has 1 aromatic carbocycles. The summed E-state index contributed by atoms with van der Waals surface area (Å²) >= 11 is 0. The van der Waals surface area contributed by atoms with Crippen LogP contribution in [0, 0.1) is 0 Å². The first-order chi connectivity index (χ1) is 11.7. The number of anilines is 1. The second kappa shape index (κ2) is 5.49. The van der Waals surface area contributed by atoms with Gasteiger partial charge in [0.15, 0.2) is 0 Å². The Morgan fingerprint density at radius 1 is 1.12 bits per heavy atom. The standard InChI is InChI=1S/C18H16N4O2/c1-21-16(12-6-3-2-4-7-12)15-14(20-18(21)24)11-22(17(15)23)13-8-5-9-19-10-13/h2-10,16H,11H2,1H3,(H,20,24)/t16-/m1/s1. The highest BCUT2D eigenvalue weighted by atomic mass is 16.2. The molecule has 0 unspecified atom stereocenters. The van der Waals surface area contributed by atoms with Gasteiger partial charge in [0.2, 0.25) is 0 Å². The van der Waals surface area contributed by atoms with Gasteiger partial charge in [-0.15, -0.1) is 0 Å². The largest absolute Gasteiger partial charge is 0.322 e. The molecule has 0 aliphatic carbocycles. The summed E-state index contributed by atoms with van der Waals surface area (Å²) in [6, 6.07) is 12.6. The highest BCUT2D eigenvalue weighted by Gasteiger charge is 2.43. The fourth-order valence-corrected chi connectivity index (χ4v) is 3.25. The summed E-state index contributed by atoms with van der Waals surface area (Å²) in [5, 5.41) is 2.84. The van der Waals surface area contributed by atoms with Crippen molar-refractivity contribution in [3.05, 3.63) is 71.7 Å². The van der Waals surface area contributed by atoms with E-state index in [4.69, 9.17) is 0 Å². The topological polar surface area (TPSA) is 65.5 Å². The molecule has 0 radical (unpaired) electrons. The zero-order valence-corrected chi connectivity index (χ0v) is 13.1. The number of urea groups is 1. The van der Waals surface area contributed by atoms with E-state index >= 15 is 0 Å². The molecule has 0 saturated carbocycles. The van der Waals surface area contributed by atoms with Crippen molar-refractivity contribution in [1.82, 2.24) is 15.2 Å². The Morgan fingerprint density at radius 2 is 1.92 bits per heavy atom. The van der Waals surface area contributed by atoms with Gasteiger partial charge in [-0.25, -0.2) is 4.79 Å². The number of likely N-dealkylation sites (N-methyl/N-ethyl adjacent to an activating group) is 1. The van der Waals surface area contributed by atoms with Crippen molar-refractivity contribution in [3.8, 4) is 0 Å². The first kappa shape index (κ1) is 14.4. The molecule has 6 heteroatoms. The number of benzene rings is 1. The second-order valence-electron chi connectivity index (χ2n) is 5.85. The third-order valence-electron chi connectivity index (χ3n) is 4.43. The van der Waals surface area contributed by atoms with Gasteiger partial charge in [-0.05, 0) is 17.7 Å². The predicted molar refractivity (Wildman–Crippen MR) is 89.1 cm³/mol. The molecule has 120 valence electrons. The van der Waals surface area contributed by atoms with Crippen molar-refractivity contribution >= 4 is 17.6 Å². The van der Waals surface area contributed by atoms with E-state index in [9.17, 15) is 9.59 Å². The van der Waals surface area contributed by atoms with Crippen molar-refractivity contribution in [1.29, 1.82) is 0 Å². The first-order valence-corrected chi connectivity index (χ1v) is 7.70. The molecule has 1 atom stereocenters. The van der Waals surface area contributed by atoms with Gasteiger partial charge in [0.05, 0.1) is 35.7 Å². The fourth-order valence-electron chi connectivity index (χ4n) is 3.25. The quantitative estimate of drug-likeness (QED) is 0.921. The molecule has 3 heterocycles. The van der Waals surface area contributed by atoms with Crippen LogP contribution in [0.15, 0.2) is 66.1 Å². The number of aromatic nitrogens is 1. The van der Waals surface area contributed by atoms with E-state index in [1.807, 2.05) is 36.4 Å². The zero-order valence-electron chi connectivity index (χ0n) is 13.1. The van der Waals surface area contributed by atoms with Gasteiger partial charge in [0, 0.05) is 13.2 Å². The molecule has 2 aliphatic rings. The van der Waals surface area contributed by atoms with E-state index in [1.165, 1.54) is 0 Å². The average molecular weight is 320 g/mol. The lowest BCUT2D eigenvalue weighted by Crippen LogP contribution is -2.45. The Kier molecular flexibility index (Phi) is 3.30. The van der Waals surface area contributed by atoms with E-state index < -0.39 is 0 Å². The maximum absolute atomic E-state index is 13.0. The Labute approximate surface area is 139 Å². The SMILES string of the molecule is CN1C(=O)NC2=C(C(=O)N(c3cccnc3)C2)[C@H]1c1ccccc1. The molecule has 3 amide bonds. The number of pyridine rings is 1. The lowest BCUT2D eigenvalue weighted by Gasteiger charge is -2.33. The highest BCUT2D eigenvalue weighted by molar-refractivity contribution is 6.11. The Morgan fingerprint density at radius 3 is 2.62 bits per heavy atom. The van der Waals surface area contributed by atoms with E-state index in [1.54, 1.807) is 35.3 Å². The maximum atomic E-state index is 13.0. The number of hydrogen-bond donors (Lipinski definition) is 1. The smallest absolute Gasteiger partial charge is 0.316 e. The van der Waals surface area contributed by atoms with Gasteiger partial charge in [0.1, 0.15) is 0 Å². The molecule has 6 nitrogen and oxygen atoms in total. The molecule has 24 heavy (non-hydrogen) atoms. The van der Waals surface area contributed by atoms with Crippen molar-refractivity contribution < 1.29 is 9.59 Å². The number of carbonyl (C=O) groups is 2. The summed E-state index contributed by atoms with van der Waals surface area (Å²) in [7, 11) is 1.71. The summed E-state index contributed by atoms with van der Waals surface area (Å²) in [5.41, 5.74) is 2.93. The van der Waals surface area contributed by atoms with Crippen LogP contribution in [0.3, 0.4) is 0 Å². The monoisotopic (exact) mass is 320 g/mol. The zero-order chi connectivity index (χ0) is 16.7. The van der Waals surface area contributed by atoms with Crippen LogP contribution in [-0.2, 0) is 4.79 Å². The third kappa shape index (κ3) is 2.15. The number of rotatable bonds is 2. The Balaban J connectivity index is 1.77. The van der Waals surface area contributed by atoms with Crippen LogP contribution in [0.1, 0.15) is 11.6 Å². The minimum Gasteiger partial charge on any atom is -0.316 e. The minimum atomic E-state index is -0.385. The van der Waals surface area contributed by atoms with Crippen LogP contribution in [-0.4, -0.2) is 35.4 Å². The molecule has 0 saturated heterocycles. The van der Waals surface area contributed by atoms with E-state index in [-0.39, 0.29) is 18.0 Å². The molecular formula is C18H16N4O2. The first-order valence-electron chi connectivity index (χ1n) is 7.70. The van der Waals surface area contributed by atoms with Crippen LogP contribution in [0.2, 0.25) is 0 Å². The number of nitrogens with one attached hydrogen (secondary N) is 1. The van der Waals surface area contributed by atoms with Gasteiger partial charge in [-0.2, -0.15) is 0 Å². The van der Waals surface area contributed by atoms with Gasteiger partial charge in [0.25, 0.3) is 5.91 Å². The summed E-state index contributed by atoms with van der Waals surface area (Å²) in [5.74, 6) is -0.0984. The molecule has 1 N–H and O–H groups in total. The van der Waals surface area contributed by atoms with E-state index in [0.29, 0.717) is 17.8 Å². The highest BCUT2D eigenvalue weighted by Crippen LogP contribution is 2.38. The number of hydrogen-bond acceptors (Lipinski definition) is 3. The molecule has 1 aromatic heterocycles. The van der Waals surface area contributed by atoms with Crippen molar-refractivity contribution in [2.75, 3.05) is 18.5 Å². The van der Waals surface area contributed by atoms with Crippen molar-refractivity contribution in [2.24, 2.45) is 0 Å². The average Bonchev–Trinajstić information content (AvgIpc) is 2.94. The van der Waals surface area contributed by atoms with E-state index in [2.05, 4.69) is 10.3 Å². The van der Waals surface area contributed by atoms with Gasteiger partial charge < -0.3 is 15.1 Å². The van der Waals surface area contributed by atoms with Crippen LogP contribution < -0.4 is 10.2 Å². The molecule has 0 fully saturated rings. The molecule has 2 aliphatic heterocycles. The summed E-state index contributed by atoms with van der Waals surface area (Å²) in [6.07, 6.45) is 3.32. The second-order valence-corrected chi connectivity index (χ2v) is 5.85.